The number of aromatic nitrogens is 2. The largest absolute Gasteiger partial charge is 0.466 e. The molecule has 3 rings (SSSR count). The quantitative estimate of drug-likeness (QED) is 0.400. The van der Waals surface area contributed by atoms with Gasteiger partial charge in [0, 0.05) is 26.2 Å². The highest BCUT2D eigenvalue weighted by Crippen LogP contribution is 2.20. The normalized spacial score (nSPS) is 13.0. The number of benzene rings is 1. The molecule has 0 radical (unpaired) electrons. The summed E-state index contributed by atoms with van der Waals surface area (Å²) in [6.07, 6.45) is 0.0831. The number of nitro groups is 1. The van der Waals surface area contributed by atoms with Crippen LogP contribution >= 0.6 is 0 Å². The third kappa shape index (κ3) is 3.30. The third-order valence-corrected chi connectivity index (χ3v) is 3.51. The number of nitrogens with one attached hydrogen (secondary N) is 1. The van der Waals surface area contributed by atoms with Gasteiger partial charge in [0.05, 0.1) is 22.2 Å². The van der Waals surface area contributed by atoms with Gasteiger partial charge in [-0.3, -0.25) is 14.9 Å². The summed E-state index contributed by atoms with van der Waals surface area (Å²) in [6.45, 7) is 0. The zero-order valence-corrected chi connectivity index (χ0v) is 13.9. The van der Waals surface area contributed by atoms with Crippen molar-refractivity contribution >= 4 is 22.4 Å². The number of hydrazone groups is 1. The molecule has 10 nitrogen and oxygen atoms in total. The number of aromatic amines is 1. The van der Waals surface area contributed by atoms with Gasteiger partial charge < -0.3 is 19.5 Å². The van der Waals surface area contributed by atoms with Crippen LogP contribution in [0.5, 0.6) is 0 Å². The highest BCUT2D eigenvalue weighted by Gasteiger charge is 2.25. The summed E-state index contributed by atoms with van der Waals surface area (Å²) in [5.41, 5.74) is -0.381. The zero-order valence-electron chi connectivity index (χ0n) is 13.9. The van der Waals surface area contributed by atoms with Crippen LogP contribution in [0.3, 0.4) is 0 Å². The standard InChI is InChI=1S/C16H15N5O5/c1-20(2)19-13(15(22)12-4-3-7-26-12)14-16(23)18-11-8-9(21(24)25)5-6-10(11)17-14/h3-8,15,22H,1-2H3,(H,18,23)/b19-13+/t15-/m1/s1. The van der Waals surface area contributed by atoms with E-state index in [0.29, 0.717) is 5.52 Å². The van der Waals surface area contributed by atoms with E-state index in [1.54, 1.807) is 26.2 Å². The van der Waals surface area contributed by atoms with E-state index in [1.165, 1.54) is 29.5 Å². The van der Waals surface area contributed by atoms with Crippen LogP contribution in [0.1, 0.15) is 17.6 Å². The molecule has 2 aromatic heterocycles. The van der Waals surface area contributed by atoms with Gasteiger partial charge in [0.1, 0.15) is 11.5 Å². The number of hydrogen-bond acceptors (Lipinski definition) is 8. The van der Waals surface area contributed by atoms with E-state index >= 15 is 0 Å². The molecule has 3 aromatic rings. The molecular weight excluding hydrogens is 342 g/mol. The number of fused-ring (bicyclic) bond motifs is 1. The number of hydrogen-bond donors (Lipinski definition) is 2. The second-order valence-corrected chi connectivity index (χ2v) is 5.62. The molecular formula is C16H15N5O5. The molecule has 1 atom stereocenters. The molecule has 0 amide bonds. The Balaban J connectivity index is 2.16. The Labute approximate surface area is 146 Å². The number of aliphatic hydroxyl groups excluding tert-OH is 1. The zero-order chi connectivity index (χ0) is 18.8. The minimum Gasteiger partial charge on any atom is -0.466 e. The first-order chi connectivity index (χ1) is 12.4. The predicted octanol–water partition coefficient (Wildman–Crippen LogP) is 1.42. The molecule has 0 unspecified atom stereocenters. The van der Waals surface area contributed by atoms with Gasteiger partial charge in [-0.1, -0.05) is 0 Å². The van der Waals surface area contributed by atoms with E-state index in [1.807, 2.05) is 0 Å². The van der Waals surface area contributed by atoms with Gasteiger partial charge in [0.15, 0.2) is 11.8 Å². The average Bonchev–Trinajstić information content (AvgIpc) is 3.12. The van der Waals surface area contributed by atoms with Gasteiger partial charge in [-0.05, 0) is 18.2 Å². The maximum absolute atomic E-state index is 12.5. The van der Waals surface area contributed by atoms with Crippen LogP contribution in [0.25, 0.3) is 11.0 Å². The molecule has 0 aliphatic carbocycles. The highest BCUT2D eigenvalue weighted by molar-refractivity contribution is 6.03. The molecule has 26 heavy (non-hydrogen) atoms. The Hall–Kier alpha value is -3.53. The summed E-state index contributed by atoms with van der Waals surface area (Å²) in [7, 11) is 3.26. The maximum Gasteiger partial charge on any atom is 0.276 e. The van der Waals surface area contributed by atoms with Crippen molar-refractivity contribution in [1.82, 2.24) is 15.0 Å². The lowest BCUT2D eigenvalue weighted by Crippen LogP contribution is -2.27. The molecule has 0 spiro atoms. The monoisotopic (exact) mass is 357 g/mol. The summed E-state index contributed by atoms with van der Waals surface area (Å²) in [4.78, 5) is 29.6. The molecule has 0 bridgehead atoms. The van der Waals surface area contributed by atoms with Crippen LogP contribution in [0, 0.1) is 10.1 Å². The number of aliphatic hydroxyl groups is 1. The van der Waals surface area contributed by atoms with E-state index < -0.39 is 16.6 Å². The molecule has 0 saturated heterocycles. The van der Waals surface area contributed by atoms with E-state index in [2.05, 4.69) is 15.1 Å². The molecule has 10 heteroatoms. The lowest BCUT2D eigenvalue weighted by Gasteiger charge is -2.14. The summed E-state index contributed by atoms with van der Waals surface area (Å²) < 4.78 is 5.18. The molecule has 134 valence electrons. The topological polar surface area (TPSA) is 138 Å². The number of rotatable bonds is 5. The first-order valence-corrected chi connectivity index (χ1v) is 7.53. The maximum atomic E-state index is 12.5. The van der Waals surface area contributed by atoms with Gasteiger partial charge >= 0.3 is 0 Å². The van der Waals surface area contributed by atoms with Crippen LogP contribution in [-0.2, 0) is 0 Å². The number of nitro benzene ring substituents is 1. The highest BCUT2D eigenvalue weighted by atomic mass is 16.6. The Kier molecular flexibility index (Phi) is 4.50. The molecule has 0 saturated carbocycles. The Morgan fingerprint density at radius 2 is 2.19 bits per heavy atom. The molecule has 0 aliphatic rings. The van der Waals surface area contributed by atoms with Crippen molar-refractivity contribution < 1.29 is 14.4 Å². The smallest absolute Gasteiger partial charge is 0.276 e. The summed E-state index contributed by atoms with van der Waals surface area (Å²) >= 11 is 0. The van der Waals surface area contributed by atoms with Crippen molar-refractivity contribution in [3.05, 3.63) is 68.5 Å². The minimum absolute atomic E-state index is 0.00791. The van der Waals surface area contributed by atoms with Gasteiger partial charge in [0.2, 0.25) is 0 Å². The number of nitrogens with zero attached hydrogens (tertiary/aromatic N) is 4. The molecule has 2 N–H and O–H groups in total. The van der Waals surface area contributed by atoms with E-state index in [4.69, 9.17) is 4.42 Å². The Morgan fingerprint density at radius 3 is 2.81 bits per heavy atom. The third-order valence-electron chi connectivity index (χ3n) is 3.51. The fourth-order valence-electron chi connectivity index (χ4n) is 2.39. The van der Waals surface area contributed by atoms with Crippen LogP contribution in [0.15, 0.2) is 50.9 Å². The van der Waals surface area contributed by atoms with E-state index in [9.17, 15) is 20.0 Å². The number of furan rings is 1. The Morgan fingerprint density at radius 1 is 1.42 bits per heavy atom. The lowest BCUT2D eigenvalue weighted by atomic mass is 10.1. The van der Waals surface area contributed by atoms with Gasteiger partial charge in [-0.15, -0.1) is 0 Å². The lowest BCUT2D eigenvalue weighted by molar-refractivity contribution is -0.384. The van der Waals surface area contributed by atoms with Crippen molar-refractivity contribution in [1.29, 1.82) is 0 Å². The minimum atomic E-state index is -1.31. The van der Waals surface area contributed by atoms with Crippen molar-refractivity contribution in [2.45, 2.75) is 6.10 Å². The SMILES string of the molecule is CN(C)/N=C(\c1nc2ccc([N+](=O)[O-])cc2[nH]c1=O)[C@H](O)c1ccco1. The second kappa shape index (κ2) is 6.76. The fourth-order valence-corrected chi connectivity index (χ4v) is 2.39. The molecule has 1 aromatic carbocycles. The first kappa shape index (κ1) is 17.3. The van der Waals surface area contributed by atoms with Gasteiger partial charge in [-0.25, -0.2) is 4.98 Å². The molecule has 0 fully saturated rings. The second-order valence-electron chi connectivity index (χ2n) is 5.62. The summed E-state index contributed by atoms with van der Waals surface area (Å²) in [5.74, 6) is 0.204. The fraction of sp³-hybridized carbons (Fsp3) is 0.188. The van der Waals surface area contributed by atoms with Crippen LogP contribution < -0.4 is 5.56 Å². The van der Waals surface area contributed by atoms with Crippen molar-refractivity contribution in [3.63, 3.8) is 0 Å². The molecule has 2 heterocycles. The van der Waals surface area contributed by atoms with Crippen LogP contribution in [0.2, 0.25) is 0 Å². The van der Waals surface area contributed by atoms with Crippen molar-refractivity contribution in [3.8, 4) is 0 Å². The number of non-ortho nitro benzene ring substituents is 1. The molecule has 0 aliphatic heterocycles. The summed E-state index contributed by atoms with van der Waals surface area (Å²) in [6, 6.07) is 7.07. The van der Waals surface area contributed by atoms with Crippen molar-refractivity contribution in [2.24, 2.45) is 5.10 Å². The van der Waals surface area contributed by atoms with Crippen LogP contribution in [0.4, 0.5) is 5.69 Å². The van der Waals surface area contributed by atoms with Gasteiger partial charge in [0.25, 0.3) is 11.2 Å². The average molecular weight is 357 g/mol. The summed E-state index contributed by atoms with van der Waals surface area (Å²) in [5, 5.41) is 27.0. The van der Waals surface area contributed by atoms with Gasteiger partial charge in [-0.2, -0.15) is 5.10 Å². The van der Waals surface area contributed by atoms with Crippen molar-refractivity contribution in [2.75, 3.05) is 14.1 Å². The predicted molar refractivity (Wildman–Crippen MR) is 92.9 cm³/mol. The first-order valence-electron chi connectivity index (χ1n) is 7.53. The Bertz CT molecular complexity index is 1040. The van der Waals surface area contributed by atoms with E-state index in [0.717, 1.165) is 0 Å². The number of H-pyrrole nitrogens is 1. The van der Waals surface area contributed by atoms with E-state index in [-0.39, 0.29) is 28.4 Å². The van der Waals surface area contributed by atoms with Crippen LogP contribution in [-0.4, -0.2) is 44.8 Å².